The lowest BCUT2D eigenvalue weighted by Gasteiger charge is -2.24. The van der Waals surface area contributed by atoms with Gasteiger partial charge in [-0.15, -0.1) is 11.3 Å². The van der Waals surface area contributed by atoms with Gasteiger partial charge in [0.25, 0.3) is 0 Å². The lowest BCUT2D eigenvalue weighted by molar-refractivity contribution is -0.00896. The zero-order valence-corrected chi connectivity index (χ0v) is 12.8. The van der Waals surface area contributed by atoms with E-state index in [9.17, 15) is 0 Å². The summed E-state index contributed by atoms with van der Waals surface area (Å²) in [5.74, 6) is 0.731. The summed E-state index contributed by atoms with van der Waals surface area (Å²) in [6, 6.07) is 0. The molecule has 2 saturated carbocycles. The highest BCUT2D eigenvalue weighted by Gasteiger charge is 2.40. The summed E-state index contributed by atoms with van der Waals surface area (Å²) in [5, 5.41) is 4.69. The number of nitrogens with zero attached hydrogens (tertiary/aromatic N) is 1. The van der Waals surface area contributed by atoms with E-state index in [1.54, 1.807) is 0 Å². The molecule has 0 unspecified atom stereocenters. The number of hydrogen-bond donors (Lipinski definition) is 1. The van der Waals surface area contributed by atoms with Crippen molar-refractivity contribution in [1.82, 2.24) is 10.3 Å². The topological polar surface area (TPSA) is 34.1 Å². The Morgan fingerprint density at radius 3 is 2.68 bits per heavy atom. The fourth-order valence-corrected chi connectivity index (χ4v) is 4.39. The smallest absolute Gasteiger partial charge is 0.125 e. The van der Waals surface area contributed by atoms with Crippen LogP contribution in [0.25, 0.3) is 0 Å². The molecule has 4 heteroatoms. The first-order chi connectivity index (χ1) is 9.29. The first-order valence-corrected chi connectivity index (χ1v) is 8.36. The van der Waals surface area contributed by atoms with Crippen LogP contribution in [0.4, 0.5) is 0 Å². The zero-order valence-electron chi connectivity index (χ0n) is 12.0. The minimum absolute atomic E-state index is 0.0707. The molecule has 1 heterocycles. The molecule has 3 nitrogen and oxygen atoms in total. The van der Waals surface area contributed by atoms with Crippen LogP contribution in [-0.4, -0.2) is 18.6 Å². The Hall–Kier alpha value is -0.450. The minimum Gasteiger partial charge on any atom is -0.371 e. The summed E-state index contributed by atoms with van der Waals surface area (Å²) in [6.07, 6.45) is 7.47. The standard InChI is InChI=1S/C15H24N2OS/c1-3-16-10-12-13(11-6-7-11)17-14(19-12)15(18-2)8-4-5-9-15/h11,16H,3-10H2,1-2H3. The summed E-state index contributed by atoms with van der Waals surface area (Å²) in [6.45, 7) is 4.15. The molecule has 3 rings (SSSR count). The lowest BCUT2D eigenvalue weighted by Crippen LogP contribution is -2.24. The van der Waals surface area contributed by atoms with Gasteiger partial charge in [0.1, 0.15) is 10.6 Å². The second-order valence-corrected chi connectivity index (χ2v) is 6.87. The molecule has 106 valence electrons. The van der Waals surface area contributed by atoms with Crippen molar-refractivity contribution in [3.63, 3.8) is 0 Å². The van der Waals surface area contributed by atoms with Crippen LogP contribution in [0.3, 0.4) is 0 Å². The van der Waals surface area contributed by atoms with Crippen LogP contribution in [0.2, 0.25) is 0 Å². The molecule has 2 aliphatic carbocycles. The van der Waals surface area contributed by atoms with Crippen molar-refractivity contribution in [3.05, 3.63) is 15.6 Å². The maximum atomic E-state index is 5.89. The molecule has 1 aromatic rings. The molecule has 2 fully saturated rings. The normalized spacial score (nSPS) is 22.0. The first-order valence-electron chi connectivity index (χ1n) is 7.55. The van der Waals surface area contributed by atoms with Gasteiger partial charge in [0.05, 0.1) is 5.69 Å². The van der Waals surface area contributed by atoms with Crippen molar-refractivity contribution in [2.45, 2.75) is 63.5 Å². The van der Waals surface area contributed by atoms with Crippen LogP contribution >= 0.6 is 11.3 Å². The molecule has 0 bridgehead atoms. The highest BCUT2D eigenvalue weighted by atomic mass is 32.1. The van der Waals surface area contributed by atoms with E-state index in [0.717, 1.165) is 31.8 Å². The van der Waals surface area contributed by atoms with E-state index < -0.39 is 0 Å². The van der Waals surface area contributed by atoms with Crippen molar-refractivity contribution < 1.29 is 4.74 Å². The van der Waals surface area contributed by atoms with Crippen LogP contribution in [0, 0.1) is 0 Å². The number of aromatic nitrogens is 1. The number of methoxy groups -OCH3 is 1. The van der Waals surface area contributed by atoms with Gasteiger partial charge in [0.2, 0.25) is 0 Å². The number of nitrogens with one attached hydrogen (secondary N) is 1. The number of thiazole rings is 1. The predicted molar refractivity (Wildman–Crippen MR) is 78.6 cm³/mol. The van der Waals surface area contributed by atoms with Gasteiger partial charge in [-0.1, -0.05) is 19.8 Å². The Balaban J connectivity index is 1.88. The summed E-state index contributed by atoms with van der Waals surface area (Å²) >= 11 is 1.89. The lowest BCUT2D eigenvalue weighted by atomic mass is 10.0. The summed E-state index contributed by atoms with van der Waals surface area (Å²) in [4.78, 5) is 6.45. The van der Waals surface area contributed by atoms with E-state index in [2.05, 4.69) is 12.2 Å². The van der Waals surface area contributed by atoms with Crippen LogP contribution in [0.15, 0.2) is 0 Å². The Morgan fingerprint density at radius 1 is 1.37 bits per heavy atom. The molecule has 2 aliphatic rings. The van der Waals surface area contributed by atoms with Gasteiger partial charge >= 0.3 is 0 Å². The van der Waals surface area contributed by atoms with E-state index in [0.29, 0.717) is 0 Å². The summed E-state index contributed by atoms with van der Waals surface area (Å²) in [7, 11) is 1.85. The average Bonchev–Trinajstić information content (AvgIpc) is 3.01. The number of rotatable bonds is 6. The fraction of sp³-hybridized carbons (Fsp3) is 0.800. The van der Waals surface area contributed by atoms with Gasteiger partial charge < -0.3 is 10.1 Å². The van der Waals surface area contributed by atoms with E-state index in [4.69, 9.17) is 9.72 Å². The molecule has 0 radical (unpaired) electrons. The Morgan fingerprint density at radius 2 is 2.11 bits per heavy atom. The summed E-state index contributed by atoms with van der Waals surface area (Å²) in [5.41, 5.74) is 1.29. The van der Waals surface area contributed by atoms with Crippen LogP contribution in [0.1, 0.15) is 66.9 Å². The predicted octanol–water partition coefficient (Wildman–Crippen LogP) is 3.55. The molecular formula is C15H24N2OS. The largest absolute Gasteiger partial charge is 0.371 e. The van der Waals surface area contributed by atoms with Crippen molar-refractivity contribution in [1.29, 1.82) is 0 Å². The van der Waals surface area contributed by atoms with E-state index >= 15 is 0 Å². The van der Waals surface area contributed by atoms with Crippen molar-refractivity contribution in [2.24, 2.45) is 0 Å². The monoisotopic (exact) mass is 280 g/mol. The Bertz CT molecular complexity index is 433. The molecular weight excluding hydrogens is 256 g/mol. The quantitative estimate of drug-likeness (QED) is 0.865. The van der Waals surface area contributed by atoms with E-state index in [-0.39, 0.29) is 5.60 Å². The number of hydrogen-bond acceptors (Lipinski definition) is 4. The molecule has 1 N–H and O–H groups in total. The van der Waals surface area contributed by atoms with Crippen molar-refractivity contribution >= 4 is 11.3 Å². The molecule has 0 spiro atoms. The van der Waals surface area contributed by atoms with Gasteiger partial charge in [-0.2, -0.15) is 0 Å². The van der Waals surface area contributed by atoms with Crippen LogP contribution < -0.4 is 5.32 Å². The highest BCUT2D eigenvalue weighted by molar-refractivity contribution is 7.11. The third kappa shape index (κ3) is 2.58. The van der Waals surface area contributed by atoms with E-state index in [1.807, 2.05) is 18.4 Å². The van der Waals surface area contributed by atoms with Gasteiger partial charge in [-0.05, 0) is 32.2 Å². The molecule has 0 amide bonds. The van der Waals surface area contributed by atoms with Crippen molar-refractivity contribution in [3.8, 4) is 0 Å². The molecule has 0 atom stereocenters. The Kier molecular flexibility index (Phi) is 3.92. The second-order valence-electron chi connectivity index (χ2n) is 5.79. The fourth-order valence-electron chi connectivity index (χ4n) is 3.05. The molecule has 0 saturated heterocycles. The minimum atomic E-state index is -0.0707. The highest BCUT2D eigenvalue weighted by Crippen LogP contribution is 2.48. The van der Waals surface area contributed by atoms with E-state index in [1.165, 1.54) is 41.3 Å². The third-order valence-corrected chi connectivity index (χ3v) is 5.68. The maximum Gasteiger partial charge on any atom is 0.125 e. The van der Waals surface area contributed by atoms with Crippen LogP contribution in [0.5, 0.6) is 0 Å². The van der Waals surface area contributed by atoms with Crippen molar-refractivity contribution in [2.75, 3.05) is 13.7 Å². The first kappa shape index (κ1) is 13.5. The number of ether oxygens (including phenoxy) is 1. The zero-order chi connectivity index (χ0) is 13.3. The molecule has 0 aliphatic heterocycles. The van der Waals surface area contributed by atoms with Gasteiger partial charge in [0, 0.05) is 24.4 Å². The average molecular weight is 280 g/mol. The van der Waals surface area contributed by atoms with Gasteiger partial charge in [-0.3, -0.25) is 0 Å². The molecule has 1 aromatic heterocycles. The molecule has 19 heavy (non-hydrogen) atoms. The maximum absolute atomic E-state index is 5.89. The Labute approximate surface area is 119 Å². The second kappa shape index (κ2) is 5.51. The van der Waals surface area contributed by atoms with Crippen LogP contribution in [-0.2, 0) is 16.9 Å². The van der Waals surface area contributed by atoms with Gasteiger partial charge in [0.15, 0.2) is 0 Å². The SMILES string of the molecule is CCNCc1sc(C2(OC)CCCC2)nc1C1CC1. The molecule has 0 aromatic carbocycles. The summed E-state index contributed by atoms with van der Waals surface area (Å²) < 4.78 is 5.89. The third-order valence-electron chi connectivity index (χ3n) is 4.42. The van der Waals surface area contributed by atoms with Gasteiger partial charge in [-0.25, -0.2) is 4.98 Å².